The van der Waals surface area contributed by atoms with Gasteiger partial charge in [-0.1, -0.05) is 6.92 Å². The first-order chi connectivity index (χ1) is 23.7. The highest BCUT2D eigenvalue weighted by atomic mass is 16.7. The molecule has 0 aromatic heterocycles. The highest BCUT2D eigenvalue weighted by Crippen LogP contribution is 2.70. The summed E-state index contributed by atoms with van der Waals surface area (Å²) in [6.45, 7) is 1.08. The second-order valence-electron chi connectivity index (χ2n) is 16.1. The van der Waals surface area contributed by atoms with Gasteiger partial charge in [0, 0.05) is 24.3 Å². The number of aldehydes is 1. The summed E-state index contributed by atoms with van der Waals surface area (Å²) in [6.07, 6.45) is -6.24. The van der Waals surface area contributed by atoms with Gasteiger partial charge < -0.3 is 69.3 Å². The van der Waals surface area contributed by atoms with Crippen LogP contribution in [-0.2, 0) is 33.3 Å². The number of esters is 1. The van der Waals surface area contributed by atoms with Gasteiger partial charge in [0.1, 0.15) is 49.5 Å². The van der Waals surface area contributed by atoms with E-state index in [1.807, 2.05) is 0 Å². The van der Waals surface area contributed by atoms with Crippen molar-refractivity contribution in [1.82, 2.24) is 0 Å². The summed E-state index contributed by atoms with van der Waals surface area (Å²) < 4.78 is 28.6. The first kappa shape index (κ1) is 36.7. The third-order valence-electron chi connectivity index (χ3n) is 14.0. The highest BCUT2D eigenvalue weighted by molar-refractivity contribution is 5.85. The molecule has 17 unspecified atom stereocenters. The van der Waals surface area contributed by atoms with Gasteiger partial charge in [-0.2, -0.15) is 0 Å². The van der Waals surface area contributed by atoms with E-state index in [1.54, 1.807) is 6.08 Å². The van der Waals surface area contributed by atoms with Crippen molar-refractivity contribution in [3.8, 4) is 0 Å². The SMILES string of the molecule is CC12CCC3C(CCC4(O)CC(OC5CC(O)C(OC6OC(CO)C(O)C(O)C6O)C(CO)O5)CCC34C=O)C1(O)CCC2C1=CC(=O)OC1. The van der Waals surface area contributed by atoms with Crippen LogP contribution in [0.3, 0.4) is 0 Å². The minimum atomic E-state index is -1.71. The van der Waals surface area contributed by atoms with Gasteiger partial charge in [0.25, 0.3) is 0 Å². The van der Waals surface area contributed by atoms with Crippen molar-refractivity contribution >= 4 is 12.3 Å². The second kappa shape index (κ2) is 13.4. The number of ether oxygens (including phenoxy) is 5. The monoisotopic (exact) mass is 712 g/mol. The van der Waals surface area contributed by atoms with Gasteiger partial charge in [-0.05, 0) is 74.7 Å². The van der Waals surface area contributed by atoms with E-state index >= 15 is 0 Å². The molecule has 50 heavy (non-hydrogen) atoms. The van der Waals surface area contributed by atoms with E-state index in [2.05, 4.69) is 6.92 Å². The van der Waals surface area contributed by atoms with Crippen LogP contribution in [-0.4, -0.2) is 146 Å². The van der Waals surface area contributed by atoms with Crippen molar-refractivity contribution in [2.24, 2.45) is 28.6 Å². The largest absolute Gasteiger partial charge is 0.458 e. The minimum Gasteiger partial charge on any atom is -0.458 e. The zero-order valence-electron chi connectivity index (χ0n) is 28.3. The van der Waals surface area contributed by atoms with Gasteiger partial charge in [-0.15, -0.1) is 0 Å². The summed E-state index contributed by atoms with van der Waals surface area (Å²) in [7, 11) is 0. The van der Waals surface area contributed by atoms with E-state index in [9.17, 15) is 50.4 Å². The van der Waals surface area contributed by atoms with Crippen LogP contribution in [0.2, 0.25) is 0 Å². The average molecular weight is 713 g/mol. The van der Waals surface area contributed by atoms with Gasteiger partial charge in [-0.25, -0.2) is 4.79 Å². The lowest BCUT2D eigenvalue weighted by atomic mass is 9.41. The van der Waals surface area contributed by atoms with E-state index in [0.29, 0.717) is 44.9 Å². The number of aliphatic hydroxyl groups is 8. The molecule has 0 aromatic carbocycles. The molecule has 0 radical (unpaired) electrons. The summed E-state index contributed by atoms with van der Waals surface area (Å²) in [6, 6.07) is 0. The number of cyclic esters (lactones) is 1. The standard InChI is InChI=1S/C35H52O15/c1-32-6-3-20-21(35(32,45)9-5-19(32)17-10-25(40)46-15-17)4-8-34(44)12-18(2-7-33(20,34)16-38)47-26-11-22(39)30(24(14-37)48-26)50-31-29(43)28(42)27(41)23(13-36)49-31/h10,16,18-24,26-31,36-37,39,41-45H,2-9,11-15H2,1H3. The molecule has 4 saturated carbocycles. The predicted molar refractivity (Wildman–Crippen MR) is 167 cm³/mol. The maximum atomic E-state index is 13.2. The second-order valence-corrected chi connectivity index (χ2v) is 16.1. The van der Waals surface area contributed by atoms with E-state index < -0.39 is 96.7 Å². The van der Waals surface area contributed by atoms with Crippen LogP contribution >= 0.6 is 0 Å². The first-order valence-corrected chi connectivity index (χ1v) is 18.1. The van der Waals surface area contributed by atoms with Crippen molar-refractivity contribution in [1.29, 1.82) is 0 Å². The lowest BCUT2D eigenvalue weighted by Crippen LogP contribution is -2.69. The third kappa shape index (κ3) is 5.54. The Labute approximate surface area is 290 Å². The normalized spacial score (nSPS) is 53.5. The van der Waals surface area contributed by atoms with E-state index in [-0.39, 0.29) is 43.2 Å². The molecule has 17 atom stereocenters. The molecule has 15 heteroatoms. The number of carbonyl (C=O) groups excluding carboxylic acids is 2. The molecule has 3 aliphatic heterocycles. The predicted octanol–water partition coefficient (Wildman–Crippen LogP) is -1.42. The van der Waals surface area contributed by atoms with Crippen LogP contribution in [0.25, 0.3) is 0 Å². The molecule has 7 rings (SSSR count). The minimum absolute atomic E-state index is 0.00724. The van der Waals surface area contributed by atoms with Crippen molar-refractivity contribution in [3.63, 3.8) is 0 Å². The average Bonchev–Trinajstić information content (AvgIpc) is 3.64. The molecule has 8 N–H and O–H groups in total. The third-order valence-corrected chi connectivity index (χ3v) is 14.0. The fourth-order valence-electron chi connectivity index (χ4n) is 11.3. The Hall–Kier alpha value is -1.60. The number of rotatable bonds is 8. The van der Waals surface area contributed by atoms with Crippen LogP contribution in [0.5, 0.6) is 0 Å². The Morgan fingerprint density at radius 1 is 0.880 bits per heavy atom. The summed E-state index contributed by atoms with van der Waals surface area (Å²) in [5.41, 5.74) is -3.10. The Morgan fingerprint density at radius 2 is 1.62 bits per heavy atom. The van der Waals surface area contributed by atoms with Crippen molar-refractivity contribution < 1.29 is 74.1 Å². The summed E-state index contributed by atoms with van der Waals surface area (Å²) >= 11 is 0. The van der Waals surface area contributed by atoms with Crippen LogP contribution in [0.4, 0.5) is 0 Å². The molecular formula is C35H52O15. The molecule has 0 spiro atoms. The van der Waals surface area contributed by atoms with Crippen molar-refractivity contribution in [3.05, 3.63) is 11.6 Å². The van der Waals surface area contributed by atoms with Crippen LogP contribution in [0, 0.1) is 28.6 Å². The lowest BCUT2D eigenvalue weighted by molar-refractivity contribution is -0.349. The fourth-order valence-corrected chi connectivity index (χ4v) is 11.3. The molecule has 0 aromatic rings. The van der Waals surface area contributed by atoms with E-state index in [4.69, 9.17) is 23.7 Å². The van der Waals surface area contributed by atoms with Gasteiger partial charge in [-0.3, -0.25) is 0 Å². The Morgan fingerprint density at radius 3 is 2.30 bits per heavy atom. The zero-order chi connectivity index (χ0) is 35.8. The highest BCUT2D eigenvalue weighted by Gasteiger charge is 2.71. The van der Waals surface area contributed by atoms with Crippen molar-refractivity contribution in [2.45, 2.75) is 144 Å². The van der Waals surface area contributed by atoms with Crippen molar-refractivity contribution in [2.75, 3.05) is 19.8 Å². The van der Waals surface area contributed by atoms with Gasteiger partial charge >= 0.3 is 5.97 Å². The molecule has 282 valence electrons. The fraction of sp³-hybridized carbons (Fsp3) is 0.886. The Balaban J connectivity index is 1.01. The molecule has 15 nitrogen and oxygen atoms in total. The quantitative estimate of drug-likeness (QED) is 0.0818. The molecule has 0 bridgehead atoms. The molecule has 6 fully saturated rings. The van der Waals surface area contributed by atoms with E-state index in [1.165, 1.54) is 0 Å². The first-order valence-electron chi connectivity index (χ1n) is 18.1. The molecule has 4 aliphatic carbocycles. The number of fused-ring (bicyclic) bond motifs is 5. The molecule has 7 aliphatic rings. The van der Waals surface area contributed by atoms with Crippen LogP contribution in [0.15, 0.2) is 11.6 Å². The topological polar surface area (TPSA) is 242 Å². The zero-order valence-corrected chi connectivity index (χ0v) is 28.3. The summed E-state index contributed by atoms with van der Waals surface area (Å²) in [5.74, 6) is -0.780. The Bertz CT molecular complexity index is 1330. The summed E-state index contributed by atoms with van der Waals surface area (Å²) in [4.78, 5) is 25.1. The molecule has 2 saturated heterocycles. The van der Waals surface area contributed by atoms with Crippen LogP contribution in [0.1, 0.15) is 71.1 Å². The summed E-state index contributed by atoms with van der Waals surface area (Å²) in [5, 5.41) is 86.1. The number of carbonyl (C=O) groups is 2. The van der Waals surface area contributed by atoms with Gasteiger partial charge in [0.05, 0.1) is 42.0 Å². The van der Waals surface area contributed by atoms with Gasteiger partial charge in [0.2, 0.25) is 0 Å². The number of hydrogen-bond acceptors (Lipinski definition) is 15. The number of aliphatic hydroxyl groups excluding tert-OH is 6. The van der Waals surface area contributed by atoms with E-state index in [0.717, 1.165) is 18.3 Å². The molecule has 0 amide bonds. The maximum Gasteiger partial charge on any atom is 0.331 e. The maximum absolute atomic E-state index is 13.2. The van der Waals surface area contributed by atoms with Gasteiger partial charge in [0.15, 0.2) is 12.6 Å². The lowest BCUT2D eigenvalue weighted by Gasteiger charge is -2.65. The number of hydrogen-bond donors (Lipinski definition) is 8. The van der Waals surface area contributed by atoms with Crippen LogP contribution < -0.4 is 0 Å². The smallest absolute Gasteiger partial charge is 0.331 e. The molecular weight excluding hydrogens is 660 g/mol. The Kier molecular flexibility index (Phi) is 9.82. The molecule has 3 heterocycles.